The topological polar surface area (TPSA) is 69.6 Å². The highest BCUT2D eigenvalue weighted by atomic mass is 16.2. The summed E-state index contributed by atoms with van der Waals surface area (Å²) in [5.74, 6) is 1.30. The summed E-state index contributed by atoms with van der Waals surface area (Å²) < 4.78 is 0. The Morgan fingerprint density at radius 2 is 2.07 bits per heavy atom. The van der Waals surface area contributed by atoms with E-state index in [0.29, 0.717) is 23.8 Å². The van der Waals surface area contributed by atoms with Crippen LogP contribution in [0.15, 0.2) is 30.5 Å². The van der Waals surface area contributed by atoms with Gasteiger partial charge in [-0.15, -0.1) is 0 Å². The smallest absolute Gasteiger partial charge is 0.326 e. The molecule has 0 spiro atoms. The van der Waals surface area contributed by atoms with Crippen LogP contribution in [0.5, 0.6) is 0 Å². The molecule has 2 amide bonds. The van der Waals surface area contributed by atoms with Crippen LogP contribution in [0.2, 0.25) is 0 Å². The third-order valence-electron chi connectivity index (χ3n) is 5.20. The molecular weight excluding hydrogens is 342 g/mol. The Hall–Kier alpha value is -2.96. The van der Waals surface area contributed by atoms with Crippen molar-refractivity contribution in [2.24, 2.45) is 0 Å². The van der Waals surface area contributed by atoms with Gasteiger partial charge in [0.2, 0.25) is 0 Å². The average Bonchev–Trinajstić information content (AvgIpc) is 3.28. The molecule has 0 saturated carbocycles. The van der Waals surface area contributed by atoms with Crippen LogP contribution in [0.1, 0.15) is 29.8 Å². The Bertz CT molecular complexity index is 878. The first-order valence-electron chi connectivity index (χ1n) is 9.26. The maximum absolute atomic E-state index is 12.9. The number of nitrogens with zero attached hydrogens (tertiary/aromatic N) is 5. The van der Waals surface area contributed by atoms with Crippen molar-refractivity contribution in [3.05, 3.63) is 47.4 Å². The van der Waals surface area contributed by atoms with Gasteiger partial charge in [-0.2, -0.15) is 0 Å². The highest BCUT2D eigenvalue weighted by Crippen LogP contribution is 2.37. The van der Waals surface area contributed by atoms with Gasteiger partial charge in [-0.1, -0.05) is 29.8 Å². The van der Waals surface area contributed by atoms with E-state index in [9.17, 15) is 9.59 Å². The molecule has 0 bridgehead atoms. The Balaban J connectivity index is 1.65. The van der Waals surface area contributed by atoms with Gasteiger partial charge in [0.25, 0.3) is 0 Å². The highest BCUT2D eigenvalue weighted by Gasteiger charge is 2.41. The minimum atomic E-state index is -0.684. The second-order valence-corrected chi connectivity index (χ2v) is 7.17. The van der Waals surface area contributed by atoms with Crippen molar-refractivity contribution in [2.45, 2.75) is 32.4 Å². The predicted molar refractivity (Wildman–Crippen MR) is 103 cm³/mol. The molecule has 4 rings (SSSR count). The van der Waals surface area contributed by atoms with E-state index >= 15 is 0 Å². The van der Waals surface area contributed by atoms with Crippen molar-refractivity contribution in [3.63, 3.8) is 0 Å². The summed E-state index contributed by atoms with van der Waals surface area (Å²) in [5.41, 5.74) is 2.92. The third-order valence-corrected chi connectivity index (χ3v) is 5.20. The van der Waals surface area contributed by atoms with E-state index in [1.54, 1.807) is 23.0 Å². The van der Waals surface area contributed by atoms with E-state index in [4.69, 9.17) is 0 Å². The van der Waals surface area contributed by atoms with E-state index in [0.717, 1.165) is 37.8 Å². The van der Waals surface area contributed by atoms with Crippen LogP contribution >= 0.6 is 0 Å². The molecule has 3 heterocycles. The molecule has 1 atom stereocenters. The van der Waals surface area contributed by atoms with Gasteiger partial charge in [-0.25, -0.2) is 14.8 Å². The monoisotopic (exact) mass is 365 g/mol. The first kappa shape index (κ1) is 17.5. The first-order chi connectivity index (χ1) is 13.1. The summed E-state index contributed by atoms with van der Waals surface area (Å²) >= 11 is 0. The molecule has 27 heavy (non-hydrogen) atoms. The van der Waals surface area contributed by atoms with Gasteiger partial charge < -0.3 is 9.80 Å². The second-order valence-electron chi connectivity index (χ2n) is 7.17. The van der Waals surface area contributed by atoms with Crippen LogP contribution in [0.4, 0.5) is 16.3 Å². The van der Waals surface area contributed by atoms with Crippen molar-refractivity contribution in [2.75, 3.05) is 29.9 Å². The van der Waals surface area contributed by atoms with Gasteiger partial charge in [-0.3, -0.25) is 9.69 Å². The lowest BCUT2D eigenvalue weighted by atomic mass is 10.1. The van der Waals surface area contributed by atoms with Crippen LogP contribution in [-0.2, 0) is 11.2 Å². The number of fused-ring (bicyclic) bond motifs is 1. The Kier molecular flexibility index (Phi) is 4.51. The fourth-order valence-corrected chi connectivity index (χ4v) is 3.79. The molecule has 1 aromatic heterocycles. The number of anilines is 2. The fraction of sp³-hybridized carbons (Fsp3) is 0.400. The second kappa shape index (κ2) is 6.98. The first-order valence-corrected chi connectivity index (χ1v) is 9.26. The van der Waals surface area contributed by atoms with Gasteiger partial charge in [-0.05, 0) is 25.3 Å². The van der Waals surface area contributed by atoms with Crippen molar-refractivity contribution in [1.29, 1.82) is 0 Å². The van der Waals surface area contributed by atoms with Gasteiger partial charge in [0.15, 0.2) is 18.3 Å². The highest BCUT2D eigenvalue weighted by molar-refractivity contribution is 6.02. The Labute approximate surface area is 158 Å². The number of likely N-dealkylation sites (N-methyl/N-ethyl adjacent to an activating group) is 1. The molecule has 7 nitrogen and oxygen atoms in total. The number of amides is 2. The maximum Gasteiger partial charge on any atom is 0.326 e. The molecule has 2 aromatic rings. The van der Waals surface area contributed by atoms with Gasteiger partial charge in [0, 0.05) is 26.6 Å². The molecule has 1 saturated heterocycles. The normalized spacial score (nSPS) is 18.7. The number of hydrogen-bond acceptors (Lipinski definition) is 5. The van der Waals surface area contributed by atoms with Crippen molar-refractivity contribution >= 4 is 23.8 Å². The maximum atomic E-state index is 12.9. The SMILES string of the molecule is Cc1cccc(Cc2ncc3c(n2)N(C)C(C=O)N3C(=O)N2CCCC2)c1. The number of urea groups is 1. The zero-order valence-electron chi connectivity index (χ0n) is 15.6. The number of hydrogen-bond donors (Lipinski definition) is 0. The van der Waals surface area contributed by atoms with E-state index in [-0.39, 0.29) is 6.03 Å². The number of aromatic nitrogens is 2. The fourth-order valence-electron chi connectivity index (χ4n) is 3.79. The molecule has 0 N–H and O–H groups in total. The molecule has 1 fully saturated rings. The lowest BCUT2D eigenvalue weighted by Gasteiger charge is -2.28. The summed E-state index contributed by atoms with van der Waals surface area (Å²) in [7, 11) is 1.79. The minimum Gasteiger partial charge on any atom is -0.331 e. The summed E-state index contributed by atoms with van der Waals surface area (Å²) in [6, 6.07) is 8.08. The van der Waals surface area contributed by atoms with Crippen LogP contribution in [0.25, 0.3) is 0 Å². The lowest BCUT2D eigenvalue weighted by molar-refractivity contribution is -0.108. The Morgan fingerprint density at radius 1 is 1.30 bits per heavy atom. The average molecular weight is 365 g/mol. The molecular formula is C20H23N5O2. The summed E-state index contributed by atoms with van der Waals surface area (Å²) in [4.78, 5) is 38.9. The summed E-state index contributed by atoms with van der Waals surface area (Å²) in [6.45, 7) is 3.51. The molecule has 1 aromatic carbocycles. The zero-order valence-corrected chi connectivity index (χ0v) is 15.6. The third kappa shape index (κ3) is 3.13. The van der Waals surface area contributed by atoms with Crippen molar-refractivity contribution in [1.82, 2.24) is 14.9 Å². The van der Waals surface area contributed by atoms with E-state index < -0.39 is 6.17 Å². The predicted octanol–water partition coefficient (Wildman–Crippen LogP) is 2.37. The van der Waals surface area contributed by atoms with Gasteiger partial charge in [0.1, 0.15) is 11.5 Å². The molecule has 7 heteroatoms. The number of benzene rings is 1. The van der Waals surface area contributed by atoms with E-state index in [1.807, 2.05) is 12.1 Å². The van der Waals surface area contributed by atoms with Crippen LogP contribution in [-0.4, -0.2) is 53.5 Å². The van der Waals surface area contributed by atoms with Crippen molar-refractivity contribution in [3.8, 4) is 0 Å². The number of aldehydes is 1. The molecule has 0 radical (unpaired) electrons. The van der Waals surface area contributed by atoms with Crippen LogP contribution < -0.4 is 9.80 Å². The molecule has 1 unspecified atom stereocenters. The number of carbonyl (C=O) groups is 2. The summed E-state index contributed by atoms with van der Waals surface area (Å²) in [6.07, 6.45) is 4.38. The molecule has 0 aliphatic carbocycles. The largest absolute Gasteiger partial charge is 0.331 e. The minimum absolute atomic E-state index is 0.148. The number of rotatable bonds is 3. The van der Waals surface area contributed by atoms with E-state index in [1.165, 1.54) is 10.5 Å². The van der Waals surface area contributed by atoms with Gasteiger partial charge in [0.05, 0.1) is 6.20 Å². The molecule has 2 aliphatic heterocycles. The number of carbonyl (C=O) groups excluding carboxylic acids is 2. The lowest BCUT2D eigenvalue weighted by Crippen LogP contribution is -2.50. The van der Waals surface area contributed by atoms with E-state index in [2.05, 4.69) is 29.0 Å². The number of aryl methyl sites for hydroxylation is 1. The summed E-state index contributed by atoms with van der Waals surface area (Å²) in [5, 5.41) is 0. The molecule has 2 aliphatic rings. The zero-order chi connectivity index (χ0) is 19.0. The quantitative estimate of drug-likeness (QED) is 0.781. The van der Waals surface area contributed by atoms with Gasteiger partial charge >= 0.3 is 6.03 Å². The van der Waals surface area contributed by atoms with Crippen LogP contribution in [0.3, 0.4) is 0 Å². The van der Waals surface area contributed by atoms with Crippen LogP contribution in [0, 0.1) is 6.92 Å². The number of likely N-dealkylation sites (tertiary alicyclic amines) is 1. The Morgan fingerprint density at radius 3 is 2.78 bits per heavy atom. The van der Waals surface area contributed by atoms with Crippen molar-refractivity contribution < 1.29 is 9.59 Å². The standard InChI is InChI=1S/C20H23N5O2/c1-14-6-5-7-15(10-14)11-17-21-12-16-19(22-17)23(2)18(13-26)25(16)20(27)24-8-3-4-9-24/h5-7,10,12-13,18H,3-4,8-9,11H2,1-2H3. The molecule has 140 valence electrons.